The Morgan fingerprint density at radius 1 is 1.28 bits per heavy atom. The average molecular weight is 264 g/mol. The molecule has 0 spiro atoms. The first-order valence-corrected chi connectivity index (χ1v) is 6.82. The van der Waals surface area contributed by atoms with Crippen molar-refractivity contribution in [1.29, 1.82) is 0 Å². The number of aryl methyl sites for hydroxylation is 1. The first-order valence-electron chi connectivity index (χ1n) is 5.50. The quantitative estimate of drug-likeness (QED) is 0.861. The van der Waals surface area contributed by atoms with E-state index in [1.807, 2.05) is 18.2 Å². The molecule has 2 rings (SSSR count). The summed E-state index contributed by atoms with van der Waals surface area (Å²) in [6.45, 7) is 0. The van der Waals surface area contributed by atoms with E-state index in [9.17, 15) is 8.60 Å². The maximum atomic E-state index is 13.1. The van der Waals surface area contributed by atoms with E-state index in [1.54, 1.807) is 6.20 Å². The largest absolute Gasteiger partial charge is 0.398 e. The van der Waals surface area contributed by atoms with Gasteiger partial charge in [-0.2, -0.15) is 0 Å². The number of pyridine rings is 1. The van der Waals surface area contributed by atoms with Gasteiger partial charge in [0.25, 0.3) is 0 Å². The van der Waals surface area contributed by atoms with Gasteiger partial charge in [-0.15, -0.1) is 0 Å². The summed E-state index contributed by atoms with van der Waals surface area (Å²) in [7, 11) is -1.31. The molecule has 1 aromatic carbocycles. The van der Waals surface area contributed by atoms with Gasteiger partial charge in [0.2, 0.25) is 0 Å². The molecule has 0 radical (unpaired) electrons. The van der Waals surface area contributed by atoms with Crippen LogP contribution in [-0.2, 0) is 17.2 Å². The summed E-state index contributed by atoms with van der Waals surface area (Å²) in [5.41, 5.74) is 6.90. The summed E-state index contributed by atoms with van der Waals surface area (Å²) in [4.78, 5) is 4.50. The summed E-state index contributed by atoms with van der Waals surface area (Å²) in [6.07, 6.45) is 2.26. The highest BCUT2D eigenvalue weighted by atomic mass is 32.2. The Hall–Kier alpha value is -1.75. The normalized spacial score (nSPS) is 12.3. The zero-order valence-corrected chi connectivity index (χ0v) is 10.5. The molecule has 0 aliphatic rings. The van der Waals surface area contributed by atoms with E-state index in [0.29, 0.717) is 22.8 Å². The summed E-state index contributed by atoms with van der Waals surface area (Å²) in [6, 6.07) is 9.49. The molecule has 2 N–H and O–H groups in total. The number of benzene rings is 1. The second-order valence-corrected chi connectivity index (χ2v) is 5.34. The van der Waals surface area contributed by atoms with Gasteiger partial charge in [-0.1, -0.05) is 6.07 Å². The van der Waals surface area contributed by atoms with Crippen LogP contribution in [0, 0.1) is 5.82 Å². The minimum absolute atomic E-state index is 0.353. The molecule has 1 atom stereocenters. The average Bonchev–Trinajstić information content (AvgIpc) is 2.40. The molecule has 0 fully saturated rings. The highest BCUT2D eigenvalue weighted by Gasteiger charge is 2.09. The number of anilines is 1. The van der Waals surface area contributed by atoms with E-state index >= 15 is 0 Å². The lowest BCUT2D eigenvalue weighted by molar-refractivity contribution is 0.623. The third-order valence-corrected chi connectivity index (χ3v) is 3.91. The van der Waals surface area contributed by atoms with Gasteiger partial charge in [-0.25, -0.2) is 4.39 Å². The lowest BCUT2D eigenvalue weighted by Crippen LogP contribution is -2.05. The molecule has 1 heterocycles. The Kier molecular flexibility index (Phi) is 4.04. The highest BCUT2D eigenvalue weighted by molar-refractivity contribution is 7.85. The molecule has 1 unspecified atom stereocenters. The van der Waals surface area contributed by atoms with Crippen LogP contribution in [0.4, 0.5) is 10.1 Å². The van der Waals surface area contributed by atoms with Crippen LogP contribution in [0.1, 0.15) is 5.69 Å². The fraction of sp³-hybridized carbons (Fsp3) is 0.154. The van der Waals surface area contributed by atoms with Gasteiger partial charge in [-0.05, 0) is 30.3 Å². The standard InChI is InChI=1S/C13H13FN2OS/c14-10-4-5-12(15)13(9-10)18(17)8-6-11-3-1-2-7-16-11/h1-5,7,9H,6,8,15H2. The minimum atomic E-state index is -1.31. The molecule has 0 saturated carbocycles. The van der Waals surface area contributed by atoms with Crippen molar-refractivity contribution < 1.29 is 8.60 Å². The molecule has 0 aliphatic heterocycles. The molecule has 0 saturated heterocycles. The number of rotatable bonds is 4. The summed E-state index contributed by atoms with van der Waals surface area (Å²) < 4.78 is 25.1. The third-order valence-electron chi connectivity index (χ3n) is 2.49. The van der Waals surface area contributed by atoms with E-state index in [-0.39, 0.29) is 0 Å². The molecular formula is C13H13FN2OS. The molecule has 18 heavy (non-hydrogen) atoms. The molecule has 1 aromatic heterocycles. The van der Waals surface area contributed by atoms with Crippen LogP contribution in [0.25, 0.3) is 0 Å². The predicted molar refractivity (Wildman–Crippen MR) is 70.0 cm³/mol. The van der Waals surface area contributed by atoms with Crippen LogP contribution in [0.15, 0.2) is 47.5 Å². The summed E-state index contributed by atoms with van der Waals surface area (Å²) >= 11 is 0. The fourth-order valence-electron chi connectivity index (χ4n) is 1.56. The van der Waals surface area contributed by atoms with Crippen molar-refractivity contribution in [1.82, 2.24) is 4.98 Å². The molecule has 2 aromatic rings. The van der Waals surface area contributed by atoms with E-state index < -0.39 is 16.6 Å². The molecule has 0 amide bonds. The van der Waals surface area contributed by atoms with Gasteiger partial charge in [0, 0.05) is 29.8 Å². The van der Waals surface area contributed by atoms with Crippen molar-refractivity contribution in [2.24, 2.45) is 0 Å². The minimum Gasteiger partial charge on any atom is -0.398 e. The number of nitrogen functional groups attached to an aromatic ring is 1. The number of hydrogen-bond acceptors (Lipinski definition) is 3. The number of nitrogens with two attached hydrogens (primary N) is 1. The third kappa shape index (κ3) is 3.13. The second-order valence-electron chi connectivity index (χ2n) is 3.80. The van der Waals surface area contributed by atoms with Crippen molar-refractivity contribution in [2.45, 2.75) is 11.3 Å². The molecule has 0 aliphatic carbocycles. The van der Waals surface area contributed by atoms with Gasteiger partial charge in [0.15, 0.2) is 0 Å². The van der Waals surface area contributed by atoms with Crippen LogP contribution in [0.5, 0.6) is 0 Å². The maximum Gasteiger partial charge on any atom is 0.124 e. The SMILES string of the molecule is Nc1ccc(F)cc1S(=O)CCc1ccccn1. The number of nitrogens with zero attached hydrogens (tertiary/aromatic N) is 1. The first-order chi connectivity index (χ1) is 8.66. The Morgan fingerprint density at radius 2 is 2.11 bits per heavy atom. The fourth-order valence-corrected chi connectivity index (χ4v) is 2.75. The van der Waals surface area contributed by atoms with Crippen LogP contribution in [0.3, 0.4) is 0 Å². The molecule has 0 bridgehead atoms. The lowest BCUT2D eigenvalue weighted by atomic mass is 10.3. The Balaban J connectivity index is 2.06. The number of halogens is 1. The van der Waals surface area contributed by atoms with E-state index in [4.69, 9.17) is 5.73 Å². The van der Waals surface area contributed by atoms with Crippen molar-refractivity contribution in [3.63, 3.8) is 0 Å². The maximum absolute atomic E-state index is 13.1. The highest BCUT2D eigenvalue weighted by Crippen LogP contribution is 2.18. The number of aromatic nitrogens is 1. The summed E-state index contributed by atoms with van der Waals surface area (Å²) in [5.74, 6) is -0.0459. The van der Waals surface area contributed by atoms with Crippen molar-refractivity contribution >= 4 is 16.5 Å². The van der Waals surface area contributed by atoms with Gasteiger partial charge in [0.05, 0.1) is 15.7 Å². The Bertz CT molecular complexity index is 560. The van der Waals surface area contributed by atoms with E-state index in [0.717, 1.165) is 5.69 Å². The van der Waals surface area contributed by atoms with Gasteiger partial charge >= 0.3 is 0 Å². The van der Waals surface area contributed by atoms with Gasteiger partial charge in [0.1, 0.15) is 5.82 Å². The van der Waals surface area contributed by atoms with Crippen LogP contribution in [0.2, 0.25) is 0 Å². The van der Waals surface area contributed by atoms with Gasteiger partial charge in [-0.3, -0.25) is 9.19 Å². The zero-order valence-electron chi connectivity index (χ0n) is 9.67. The topological polar surface area (TPSA) is 56.0 Å². The molecular weight excluding hydrogens is 251 g/mol. The molecule has 3 nitrogen and oxygen atoms in total. The van der Waals surface area contributed by atoms with Crippen molar-refractivity contribution in [3.8, 4) is 0 Å². The van der Waals surface area contributed by atoms with Crippen molar-refractivity contribution in [2.75, 3.05) is 11.5 Å². The van der Waals surface area contributed by atoms with E-state index in [2.05, 4.69) is 4.98 Å². The smallest absolute Gasteiger partial charge is 0.124 e. The Labute approximate surface area is 107 Å². The van der Waals surface area contributed by atoms with Crippen LogP contribution < -0.4 is 5.73 Å². The predicted octanol–water partition coefficient (Wildman–Crippen LogP) is 2.15. The molecule has 94 valence electrons. The Morgan fingerprint density at radius 3 is 2.83 bits per heavy atom. The van der Waals surface area contributed by atoms with Crippen LogP contribution in [-0.4, -0.2) is 14.9 Å². The van der Waals surface area contributed by atoms with Crippen molar-refractivity contribution in [3.05, 3.63) is 54.1 Å². The monoisotopic (exact) mass is 264 g/mol. The van der Waals surface area contributed by atoms with E-state index in [1.165, 1.54) is 18.2 Å². The first kappa shape index (κ1) is 12.7. The van der Waals surface area contributed by atoms with Crippen LogP contribution >= 0.6 is 0 Å². The zero-order chi connectivity index (χ0) is 13.0. The second kappa shape index (κ2) is 5.73. The lowest BCUT2D eigenvalue weighted by Gasteiger charge is -2.05. The summed E-state index contributed by atoms with van der Waals surface area (Å²) in [5, 5.41) is 0. The number of hydrogen-bond donors (Lipinski definition) is 1. The molecule has 5 heteroatoms. The van der Waals surface area contributed by atoms with Gasteiger partial charge < -0.3 is 5.73 Å².